The SMILES string of the molecule is N#Cc1c(N)[nH]c(=O)c(C#N)c1-c1cccc(OCc2ccc([N+](=O)[O-])cc2)c1. The fourth-order valence-corrected chi connectivity index (χ4v) is 2.75. The van der Waals surface area contributed by atoms with E-state index in [2.05, 4.69) is 4.98 Å². The molecule has 0 aliphatic rings. The number of nitriles is 2. The number of pyridine rings is 1. The summed E-state index contributed by atoms with van der Waals surface area (Å²) in [4.78, 5) is 24.6. The van der Waals surface area contributed by atoms with Crippen molar-refractivity contribution < 1.29 is 9.66 Å². The maximum atomic E-state index is 12.1. The van der Waals surface area contributed by atoms with Crippen molar-refractivity contribution in [3.05, 3.63) is 85.7 Å². The lowest BCUT2D eigenvalue weighted by Gasteiger charge is -2.11. The summed E-state index contributed by atoms with van der Waals surface area (Å²) in [7, 11) is 0. The van der Waals surface area contributed by atoms with Crippen LogP contribution in [0.1, 0.15) is 16.7 Å². The highest BCUT2D eigenvalue weighted by Crippen LogP contribution is 2.30. The van der Waals surface area contributed by atoms with Crippen LogP contribution in [0.15, 0.2) is 53.3 Å². The number of nitro groups is 1. The van der Waals surface area contributed by atoms with Crippen LogP contribution in [-0.4, -0.2) is 9.91 Å². The maximum absolute atomic E-state index is 12.1. The molecule has 3 aromatic rings. The Hall–Kier alpha value is -4.63. The summed E-state index contributed by atoms with van der Waals surface area (Å²) in [5.41, 5.74) is 6.09. The number of H-pyrrole nitrogens is 1. The molecule has 0 fully saturated rings. The number of aromatic amines is 1. The van der Waals surface area contributed by atoms with Gasteiger partial charge in [0.25, 0.3) is 11.2 Å². The van der Waals surface area contributed by atoms with E-state index in [0.29, 0.717) is 11.3 Å². The number of hydrogen-bond acceptors (Lipinski definition) is 7. The summed E-state index contributed by atoms with van der Waals surface area (Å²) >= 11 is 0. The Morgan fingerprint density at radius 2 is 1.79 bits per heavy atom. The lowest BCUT2D eigenvalue weighted by Crippen LogP contribution is -2.16. The smallest absolute Gasteiger partial charge is 0.269 e. The summed E-state index contributed by atoms with van der Waals surface area (Å²) in [5, 5.41) is 29.5. The Labute approximate surface area is 164 Å². The van der Waals surface area contributed by atoms with Crippen molar-refractivity contribution >= 4 is 11.5 Å². The van der Waals surface area contributed by atoms with Crippen molar-refractivity contribution in [3.8, 4) is 29.0 Å². The molecule has 142 valence electrons. The first-order chi connectivity index (χ1) is 13.9. The van der Waals surface area contributed by atoms with Crippen molar-refractivity contribution in [1.29, 1.82) is 10.5 Å². The molecule has 0 bridgehead atoms. The molecule has 0 aliphatic carbocycles. The predicted molar refractivity (Wildman–Crippen MR) is 104 cm³/mol. The molecule has 29 heavy (non-hydrogen) atoms. The van der Waals surface area contributed by atoms with Crippen molar-refractivity contribution in [2.75, 3.05) is 5.73 Å². The van der Waals surface area contributed by atoms with Crippen LogP contribution in [0.5, 0.6) is 5.75 Å². The molecule has 0 unspecified atom stereocenters. The number of nitrogens with zero attached hydrogens (tertiary/aromatic N) is 3. The number of ether oxygens (including phenoxy) is 1. The number of nitrogen functional groups attached to an aromatic ring is 1. The van der Waals surface area contributed by atoms with Gasteiger partial charge in [-0.25, -0.2) is 0 Å². The van der Waals surface area contributed by atoms with E-state index in [1.165, 1.54) is 12.1 Å². The summed E-state index contributed by atoms with van der Waals surface area (Å²) in [5.74, 6) is 0.302. The average molecular weight is 387 g/mol. The Bertz CT molecular complexity index is 1230. The second-order valence-corrected chi connectivity index (χ2v) is 5.96. The van der Waals surface area contributed by atoms with Crippen molar-refractivity contribution in [3.63, 3.8) is 0 Å². The first-order valence-electron chi connectivity index (χ1n) is 8.27. The van der Waals surface area contributed by atoms with E-state index in [0.717, 1.165) is 5.56 Å². The zero-order chi connectivity index (χ0) is 21.0. The molecule has 0 aliphatic heterocycles. The van der Waals surface area contributed by atoms with Crippen LogP contribution in [0, 0.1) is 32.8 Å². The number of nitro benzene ring substituents is 1. The minimum atomic E-state index is -0.684. The van der Waals surface area contributed by atoms with E-state index < -0.39 is 10.5 Å². The van der Waals surface area contributed by atoms with Crippen molar-refractivity contribution in [1.82, 2.24) is 4.98 Å². The minimum absolute atomic E-state index is 0.00586. The fraction of sp³-hybridized carbons (Fsp3) is 0.0500. The standard InChI is InChI=1S/C20H13N5O4/c21-9-16-18(17(10-22)20(26)24-19(16)23)13-2-1-3-15(8-13)29-11-12-4-6-14(7-5-12)25(27)28/h1-8H,11H2,(H3,23,24,26). The third-order valence-corrected chi connectivity index (χ3v) is 4.14. The van der Waals surface area contributed by atoms with Crippen LogP contribution >= 0.6 is 0 Å². The molecule has 9 nitrogen and oxygen atoms in total. The van der Waals surface area contributed by atoms with E-state index in [1.807, 2.05) is 12.1 Å². The normalized spacial score (nSPS) is 10.0. The van der Waals surface area contributed by atoms with Gasteiger partial charge in [0, 0.05) is 17.7 Å². The Kier molecular flexibility index (Phi) is 5.24. The van der Waals surface area contributed by atoms with Gasteiger partial charge in [-0.05, 0) is 35.4 Å². The Balaban J connectivity index is 1.93. The van der Waals surface area contributed by atoms with E-state index in [1.54, 1.807) is 36.4 Å². The van der Waals surface area contributed by atoms with E-state index >= 15 is 0 Å². The number of nitrogens with one attached hydrogen (secondary N) is 1. The molecule has 0 radical (unpaired) electrons. The van der Waals surface area contributed by atoms with Gasteiger partial charge in [0.15, 0.2) is 0 Å². The third-order valence-electron chi connectivity index (χ3n) is 4.14. The highest BCUT2D eigenvalue weighted by Gasteiger charge is 2.18. The van der Waals surface area contributed by atoms with E-state index in [4.69, 9.17) is 10.5 Å². The van der Waals surface area contributed by atoms with Crippen LogP contribution in [0.3, 0.4) is 0 Å². The molecule has 1 aromatic heterocycles. The molecule has 0 amide bonds. The molecular formula is C20H13N5O4. The molecule has 0 saturated heterocycles. The van der Waals surface area contributed by atoms with Gasteiger partial charge >= 0.3 is 0 Å². The highest BCUT2D eigenvalue weighted by atomic mass is 16.6. The van der Waals surface area contributed by atoms with Crippen LogP contribution < -0.4 is 16.0 Å². The molecule has 9 heteroatoms. The van der Waals surface area contributed by atoms with Crippen LogP contribution in [0.4, 0.5) is 11.5 Å². The predicted octanol–water partition coefficient (Wildman–Crippen LogP) is 2.85. The monoisotopic (exact) mass is 387 g/mol. The summed E-state index contributed by atoms with van der Waals surface area (Å²) in [6.45, 7) is 0.148. The van der Waals surface area contributed by atoms with Crippen LogP contribution in [-0.2, 0) is 6.61 Å². The van der Waals surface area contributed by atoms with Gasteiger partial charge in [0.1, 0.15) is 41.4 Å². The van der Waals surface area contributed by atoms with Gasteiger partial charge in [-0.15, -0.1) is 0 Å². The van der Waals surface area contributed by atoms with E-state index in [9.17, 15) is 25.4 Å². The highest BCUT2D eigenvalue weighted by molar-refractivity contribution is 5.80. The fourth-order valence-electron chi connectivity index (χ4n) is 2.75. The molecule has 3 N–H and O–H groups in total. The number of benzene rings is 2. The third kappa shape index (κ3) is 3.89. The topological polar surface area (TPSA) is 159 Å². The number of hydrogen-bond donors (Lipinski definition) is 2. The first kappa shape index (κ1) is 19.1. The number of nitrogens with two attached hydrogens (primary N) is 1. The van der Waals surface area contributed by atoms with Crippen molar-refractivity contribution in [2.45, 2.75) is 6.61 Å². The van der Waals surface area contributed by atoms with Crippen LogP contribution in [0.25, 0.3) is 11.1 Å². The number of rotatable bonds is 5. The van der Waals surface area contributed by atoms with E-state index in [-0.39, 0.29) is 34.8 Å². The van der Waals surface area contributed by atoms with Crippen molar-refractivity contribution in [2.24, 2.45) is 0 Å². The molecule has 0 saturated carbocycles. The lowest BCUT2D eigenvalue weighted by atomic mass is 9.96. The van der Waals surface area contributed by atoms with Gasteiger partial charge in [-0.1, -0.05) is 12.1 Å². The van der Waals surface area contributed by atoms with Crippen LogP contribution in [0.2, 0.25) is 0 Å². The van der Waals surface area contributed by atoms with Gasteiger partial charge in [-0.3, -0.25) is 14.9 Å². The summed E-state index contributed by atoms with van der Waals surface area (Å²) < 4.78 is 5.71. The number of aromatic nitrogens is 1. The molecule has 3 rings (SSSR count). The summed E-state index contributed by atoms with van der Waals surface area (Å²) in [6.07, 6.45) is 0. The number of non-ortho nitro benzene ring substituents is 1. The molecule has 0 spiro atoms. The molecule has 1 heterocycles. The Morgan fingerprint density at radius 3 is 2.41 bits per heavy atom. The zero-order valence-corrected chi connectivity index (χ0v) is 14.9. The molecule has 2 aromatic carbocycles. The number of anilines is 1. The minimum Gasteiger partial charge on any atom is -0.489 e. The van der Waals surface area contributed by atoms with Gasteiger partial charge in [0.05, 0.1) is 4.92 Å². The first-order valence-corrected chi connectivity index (χ1v) is 8.27. The zero-order valence-electron chi connectivity index (χ0n) is 14.9. The quantitative estimate of drug-likeness (QED) is 0.503. The van der Waals surface area contributed by atoms with Gasteiger partial charge in [-0.2, -0.15) is 10.5 Å². The van der Waals surface area contributed by atoms with Gasteiger partial charge in [0.2, 0.25) is 0 Å². The van der Waals surface area contributed by atoms with Gasteiger partial charge < -0.3 is 15.5 Å². The lowest BCUT2D eigenvalue weighted by molar-refractivity contribution is -0.384. The second-order valence-electron chi connectivity index (χ2n) is 5.96. The summed E-state index contributed by atoms with van der Waals surface area (Å²) in [6, 6.07) is 16.2. The largest absolute Gasteiger partial charge is 0.489 e. The molecule has 0 atom stereocenters. The average Bonchev–Trinajstić information content (AvgIpc) is 2.72. The Morgan fingerprint density at radius 1 is 1.10 bits per heavy atom. The second kappa shape index (κ2) is 7.94. The maximum Gasteiger partial charge on any atom is 0.269 e. The molecular weight excluding hydrogens is 374 g/mol.